The zero-order valence-electron chi connectivity index (χ0n) is 13.2. The lowest BCUT2D eigenvalue weighted by Gasteiger charge is -2.15. The molecule has 6 nitrogen and oxygen atoms in total. The largest absolute Gasteiger partial charge is 0.363 e. The van der Waals surface area contributed by atoms with Gasteiger partial charge in [0.25, 0.3) is 0 Å². The molecule has 118 valence electrons. The number of hydrogen-bond donors (Lipinski definition) is 1. The first-order valence-electron chi connectivity index (χ1n) is 7.74. The van der Waals surface area contributed by atoms with Crippen molar-refractivity contribution in [2.75, 3.05) is 5.32 Å². The fourth-order valence-corrected chi connectivity index (χ4v) is 2.64. The Hall–Kier alpha value is -3.28. The van der Waals surface area contributed by atoms with E-state index < -0.39 is 0 Å². The van der Waals surface area contributed by atoms with Crippen LogP contribution in [0.3, 0.4) is 0 Å². The van der Waals surface area contributed by atoms with Crippen LogP contribution in [0.25, 0.3) is 16.9 Å². The molecule has 24 heavy (non-hydrogen) atoms. The van der Waals surface area contributed by atoms with E-state index >= 15 is 0 Å². The summed E-state index contributed by atoms with van der Waals surface area (Å²) in [7, 11) is 0. The Kier molecular flexibility index (Phi) is 3.63. The summed E-state index contributed by atoms with van der Waals surface area (Å²) in [4.78, 5) is 13.1. The van der Waals surface area contributed by atoms with Gasteiger partial charge < -0.3 is 5.32 Å². The summed E-state index contributed by atoms with van der Waals surface area (Å²) in [6.45, 7) is 2.10. The van der Waals surface area contributed by atoms with Gasteiger partial charge in [-0.2, -0.15) is 9.78 Å². The number of nitrogens with one attached hydrogen (secondary N) is 1. The number of pyridine rings is 1. The van der Waals surface area contributed by atoms with Gasteiger partial charge in [-0.3, -0.25) is 0 Å². The minimum absolute atomic E-state index is 0.127. The first-order valence-corrected chi connectivity index (χ1v) is 7.74. The number of anilines is 1. The number of benzene rings is 1. The summed E-state index contributed by atoms with van der Waals surface area (Å²) < 4.78 is 1.72. The molecule has 6 heteroatoms. The molecule has 0 fully saturated rings. The van der Waals surface area contributed by atoms with E-state index in [-0.39, 0.29) is 6.04 Å². The van der Waals surface area contributed by atoms with Crippen molar-refractivity contribution >= 4 is 16.9 Å². The van der Waals surface area contributed by atoms with Gasteiger partial charge in [0.2, 0.25) is 0 Å². The van der Waals surface area contributed by atoms with Crippen LogP contribution in [0, 0.1) is 0 Å². The molecule has 0 saturated heterocycles. The maximum absolute atomic E-state index is 4.42. The van der Waals surface area contributed by atoms with E-state index in [2.05, 4.69) is 44.4 Å². The number of aromatic nitrogens is 5. The summed E-state index contributed by atoms with van der Waals surface area (Å²) in [6, 6.07) is 16.1. The van der Waals surface area contributed by atoms with Crippen LogP contribution in [0.1, 0.15) is 18.5 Å². The van der Waals surface area contributed by atoms with Gasteiger partial charge >= 0.3 is 0 Å². The summed E-state index contributed by atoms with van der Waals surface area (Å²) in [5.74, 6) is 1.49. The smallest absolute Gasteiger partial charge is 0.170 e. The van der Waals surface area contributed by atoms with Crippen molar-refractivity contribution in [2.45, 2.75) is 13.0 Å². The molecular weight excluding hydrogens is 300 g/mol. The molecule has 1 unspecified atom stereocenters. The molecule has 1 N–H and O–H groups in total. The average Bonchev–Trinajstić information content (AvgIpc) is 3.08. The van der Waals surface area contributed by atoms with Crippen LogP contribution in [0.15, 0.2) is 67.3 Å². The second kappa shape index (κ2) is 6.08. The third-order valence-corrected chi connectivity index (χ3v) is 3.88. The molecule has 0 aliphatic carbocycles. The molecule has 0 amide bonds. The van der Waals surface area contributed by atoms with Crippen LogP contribution < -0.4 is 5.32 Å². The molecule has 0 spiro atoms. The molecule has 4 rings (SSSR count). The number of fused-ring (bicyclic) bond motifs is 1. The Bertz CT molecular complexity index is 949. The Morgan fingerprint density at radius 1 is 0.958 bits per heavy atom. The van der Waals surface area contributed by atoms with E-state index in [9.17, 15) is 0 Å². The van der Waals surface area contributed by atoms with E-state index in [4.69, 9.17) is 0 Å². The standard InChI is InChI=1S/C18H16N6/c1-13(14-7-3-2-4-8-14)23-17-15-11-22-24(18(15)21-12-20-17)16-9-5-6-10-19-16/h2-13H,1H3,(H,20,21,23). The van der Waals surface area contributed by atoms with Gasteiger partial charge in [0.15, 0.2) is 11.5 Å². The normalized spacial score (nSPS) is 12.2. The van der Waals surface area contributed by atoms with Crippen molar-refractivity contribution < 1.29 is 0 Å². The minimum atomic E-state index is 0.127. The molecule has 4 aromatic rings. The Morgan fingerprint density at radius 3 is 2.58 bits per heavy atom. The third-order valence-electron chi connectivity index (χ3n) is 3.88. The Morgan fingerprint density at radius 2 is 1.79 bits per heavy atom. The van der Waals surface area contributed by atoms with Crippen molar-refractivity contribution in [3.63, 3.8) is 0 Å². The third kappa shape index (κ3) is 2.58. The number of hydrogen-bond acceptors (Lipinski definition) is 5. The predicted molar refractivity (Wildman–Crippen MR) is 92.9 cm³/mol. The Balaban J connectivity index is 1.71. The van der Waals surface area contributed by atoms with Crippen LogP contribution >= 0.6 is 0 Å². The highest BCUT2D eigenvalue weighted by Crippen LogP contribution is 2.24. The molecule has 0 radical (unpaired) electrons. The average molecular weight is 316 g/mol. The van der Waals surface area contributed by atoms with Gasteiger partial charge in [-0.1, -0.05) is 36.4 Å². The fraction of sp³-hybridized carbons (Fsp3) is 0.111. The van der Waals surface area contributed by atoms with E-state index in [0.29, 0.717) is 0 Å². The number of rotatable bonds is 4. The van der Waals surface area contributed by atoms with Crippen molar-refractivity contribution in [1.82, 2.24) is 24.7 Å². The Labute approximate surface area is 139 Å². The minimum Gasteiger partial charge on any atom is -0.363 e. The summed E-state index contributed by atoms with van der Waals surface area (Å²) in [6.07, 6.45) is 5.05. The van der Waals surface area contributed by atoms with Crippen LogP contribution in [0.2, 0.25) is 0 Å². The molecule has 3 heterocycles. The zero-order chi connectivity index (χ0) is 16.4. The molecular formula is C18H16N6. The van der Waals surface area contributed by atoms with Gasteiger partial charge in [-0.05, 0) is 24.6 Å². The first kappa shape index (κ1) is 14.3. The van der Waals surface area contributed by atoms with E-state index in [0.717, 1.165) is 22.7 Å². The van der Waals surface area contributed by atoms with E-state index in [1.807, 2.05) is 36.4 Å². The molecule has 1 atom stereocenters. The maximum Gasteiger partial charge on any atom is 0.170 e. The highest BCUT2D eigenvalue weighted by atomic mass is 15.3. The zero-order valence-corrected chi connectivity index (χ0v) is 13.2. The molecule has 0 aliphatic rings. The van der Waals surface area contributed by atoms with Gasteiger partial charge in [0.1, 0.15) is 12.1 Å². The van der Waals surface area contributed by atoms with Crippen LogP contribution in [-0.4, -0.2) is 24.7 Å². The summed E-state index contributed by atoms with van der Waals surface area (Å²) >= 11 is 0. The summed E-state index contributed by atoms with van der Waals surface area (Å²) in [5, 5.41) is 8.73. The molecule has 1 aromatic carbocycles. The molecule has 0 aliphatic heterocycles. The highest BCUT2D eigenvalue weighted by molar-refractivity contribution is 5.87. The second-order valence-corrected chi connectivity index (χ2v) is 5.48. The summed E-state index contributed by atoms with van der Waals surface area (Å²) in [5.41, 5.74) is 1.92. The van der Waals surface area contributed by atoms with Crippen molar-refractivity contribution in [3.05, 3.63) is 72.8 Å². The SMILES string of the molecule is CC(Nc1ncnc2c1cnn2-c1ccccn1)c1ccccc1. The second-order valence-electron chi connectivity index (χ2n) is 5.48. The lowest BCUT2D eigenvalue weighted by Crippen LogP contribution is -2.08. The lowest BCUT2D eigenvalue weighted by atomic mass is 10.1. The van der Waals surface area contributed by atoms with Crippen LogP contribution in [0.5, 0.6) is 0 Å². The molecule has 0 saturated carbocycles. The van der Waals surface area contributed by atoms with Gasteiger partial charge in [0, 0.05) is 12.2 Å². The highest BCUT2D eigenvalue weighted by Gasteiger charge is 2.13. The number of nitrogens with zero attached hydrogens (tertiary/aromatic N) is 5. The van der Waals surface area contributed by atoms with Gasteiger partial charge in [-0.15, -0.1) is 0 Å². The quantitative estimate of drug-likeness (QED) is 0.625. The lowest BCUT2D eigenvalue weighted by molar-refractivity contribution is 0.859. The predicted octanol–water partition coefficient (Wildman–Crippen LogP) is 3.38. The fourth-order valence-electron chi connectivity index (χ4n) is 2.64. The monoisotopic (exact) mass is 316 g/mol. The molecule has 3 aromatic heterocycles. The van der Waals surface area contributed by atoms with Gasteiger partial charge in [0.05, 0.1) is 11.6 Å². The van der Waals surface area contributed by atoms with Crippen molar-refractivity contribution in [1.29, 1.82) is 0 Å². The van der Waals surface area contributed by atoms with Crippen molar-refractivity contribution in [2.24, 2.45) is 0 Å². The molecule has 0 bridgehead atoms. The van der Waals surface area contributed by atoms with Crippen LogP contribution in [0.4, 0.5) is 5.82 Å². The van der Waals surface area contributed by atoms with E-state index in [1.165, 1.54) is 5.56 Å². The van der Waals surface area contributed by atoms with Gasteiger partial charge in [-0.25, -0.2) is 15.0 Å². The first-order chi connectivity index (χ1) is 11.8. The maximum atomic E-state index is 4.42. The van der Waals surface area contributed by atoms with E-state index in [1.54, 1.807) is 23.4 Å². The van der Waals surface area contributed by atoms with Crippen molar-refractivity contribution in [3.8, 4) is 5.82 Å². The van der Waals surface area contributed by atoms with Crippen LogP contribution in [-0.2, 0) is 0 Å². The topological polar surface area (TPSA) is 68.5 Å².